The first-order valence-electron chi connectivity index (χ1n) is 10.2. The van der Waals surface area contributed by atoms with Gasteiger partial charge in [-0.3, -0.25) is 4.79 Å². The molecule has 0 radical (unpaired) electrons. The number of carbonyl (C=O) groups excluding carboxylic acids is 1. The van der Waals surface area contributed by atoms with Gasteiger partial charge in [0.15, 0.2) is 0 Å². The topological polar surface area (TPSA) is 66.4 Å². The van der Waals surface area contributed by atoms with Gasteiger partial charge in [-0.25, -0.2) is 4.79 Å². The molecule has 3 rings (SSSR count). The number of benzene rings is 3. The summed E-state index contributed by atoms with van der Waals surface area (Å²) in [5.74, 6) is -1.56. The summed E-state index contributed by atoms with van der Waals surface area (Å²) >= 11 is 5.83. The molecule has 1 amide bonds. The molecule has 0 aliphatic heterocycles. The van der Waals surface area contributed by atoms with E-state index in [2.05, 4.69) is 41.7 Å². The van der Waals surface area contributed by atoms with Crippen LogP contribution in [0.2, 0.25) is 5.02 Å². The predicted molar refractivity (Wildman–Crippen MR) is 126 cm³/mol. The lowest BCUT2D eigenvalue weighted by Gasteiger charge is -2.07. The third-order valence-electron chi connectivity index (χ3n) is 4.90. The van der Waals surface area contributed by atoms with Crippen LogP contribution in [-0.2, 0) is 17.6 Å². The van der Waals surface area contributed by atoms with Crippen molar-refractivity contribution < 1.29 is 14.7 Å². The van der Waals surface area contributed by atoms with Gasteiger partial charge in [0.1, 0.15) is 0 Å². The largest absolute Gasteiger partial charge is 0.478 e. The summed E-state index contributed by atoms with van der Waals surface area (Å²) in [7, 11) is 0. The van der Waals surface area contributed by atoms with E-state index in [9.17, 15) is 14.7 Å². The smallest absolute Gasteiger partial charge is 0.337 e. The Hall–Kier alpha value is -3.37. The van der Waals surface area contributed by atoms with E-state index in [1.807, 2.05) is 18.2 Å². The van der Waals surface area contributed by atoms with E-state index in [0.717, 1.165) is 31.2 Å². The van der Waals surface area contributed by atoms with Crippen LogP contribution in [0.4, 0.5) is 5.69 Å². The number of carboxylic acids is 1. The van der Waals surface area contributed by atoms with Crippen molar-refractivity contribution in [3.05, 3.63) is 106 Å². The number of carbonyl (C=O) groups is 2. The lowest BCUT2D eigenvalue weighted by Crippen LogP contribution is -2.12. The van der Waals surface area contributed by atoms with Gasteiger partial charge in [-0.15, -0.1) is 0 Å². The van der Waals surface area contributed by atoms with Crippen molar-refractivity contribution in [2.45, 2.75) is 25.7 Å². The maximum absolute atomic E-state index is 12.2. The number of amides is 1. The van der Waals surface area contributed by atoms with Crippen LogP contribution in [0.3, 0.4) is 0 Å². The molecule has 158 valence electrons. The fraction of sp³-hybridized carbons (Fsp3) is 0.154. The molecule has 2 N–H and O–H groups in total. The SMILES string of the molecule is O=C(C=Cc1ccc(CCCCc2ccccc2)cc1)Nc1ccc(Cl)cc1C(=O)O. The summed E-state index contributed by atoms with van der Waals surface area (Å²) in [5.41, 5.74) is 3.69. The number of hydrogen-bond donors (Lipinski definition) is 2. The average Bonchev–Trinajstić information content (AvgIpc) is 2.78. The van der Waals surface area contributed by atoms with Gasteiger partial charge in [-0.05, 0) is 66.6 Å². The van der Waals surface area contributed by atoms with Crippen molar-refractivity contribution in [3.63, 3.8) is 0 Å². The van der Waals surface area contributed by atoms with Crippen LogP contribution in [0, 0.1) is 0 Å². The van der Waals surface area contributed by atoms with Gasteiger partial charge < -0.3 is 10.4 Å². The standard InChI is InChI=1S/C26H24ClNO3/c27-22-15-16-24(23(18-22)26(30)31)28-25(29)17-14-21-12-10-20(11-13-21)9-5-4-8-19-6-2-1-3-7-19/h1-3,6-7,10-18H,4-5,8-9H2,(H,28,29)(H,30,31). The van der Waals surface area contributed by atoms with Gasteiger partial charge in [0.05, 0.1) is 11.3 Å². The van der Waals surface area contributed by atoms with E-state index in [0.29, 0.717) is 5.02 Å². The Bertz CT molecular complexity index is 1060. The number of carboxylic acid groups (broad SMARTS) is 1. The second-order valence-corrected chi connectivity index (χ2v) is 7.69. The fourth-order valence-electron chi connectivity index (χ4n) is 3.25. The predicted octanol–water partition coefficient (Wildman–Crippen LogP) is 6.26. The second kappa shape index (κ2) is 11.1. The first-order chi connectivity index (χ1) is 15.0. The van der Waals surface area contributed by atoms with Crippen LogP contribution in [0.15, 0.2) is 78.9 Å². The lowest BCUT2D eigenvalue weighted by molar-refractivity contribution is -0.111. The molecule has 0 atom stereocenters. The number of nitrogens with one attached hydrogen (secondary N) is 1. The monoisotopic (exact) mass is 433 g/mol. The van der Waals surface area contributed by atoms with E-state index in [4.69, 9.17) is 11.6 Å². The minimum absolute atomic E-state index is 0.0501. The fourth-order valence-corrected chi connectivity index (χ4v) is 3.42. The highest BCUT2D eigenvalue weighted by Gasteiger charge is 2.12. The molecule has 5 heteroatoms. The average molecular weight is 434 g/mol. The third kappa shape index (κ3) is 7.12. The summed E-state index contributed by atoms with van der Waals surface area (Å²) in [6.07, 6.45) is 7.47. The zero-order chi connectivity index (χ0) is 22.1. The molecule has 0 aliphatic carbocycles. The number of halogens is 1. The van der Waals surface area contributed by atoms with Crippen LogP contribution >= 0.6 is 11.6 Å². The van der Waals surface area contributed by atoms with Crippen LogP contribution < -0.4 is 5.32 Å². The number of anilines is 1. The third-order valence-corrected chi connectivity index (χ3v) is 5.14. The first kappa shape index (κ1) is 22.3. The van der Waals surface area contributed by atoms with Gasteiger partial charge in [-0.2, -0.15) is 0 Å². The summed E-state index contributed by atoms with van der Waals surface area (Å²) in [6, 6.07) is 22.9. The zero-order valence-electron chi connectivity index (χ0n) is 17.1. The molecule has 0 aliphatic rings. The van der Waals surface area contributed by atoms with Crippen molar-refractivity contribution in [2.24, 2.45) is 0 Å². The van der Waals surface area contributed by atoms with Gasteiger partial charge in [-0.1, -0.05) is 66.2 Å². The highest BCUT2D eigenvalue weighted by molar-refractivity contribution is 6.31. The van der Waals surface area contributed by atoms with Crippen LogP contribution in [-0.4, -0.2) is 17.0 Å². The summed E-state index contributed by atoms with van der Waals surface area (Å²) < 4.78 is 0. The van der Waals surface area contributed by atoms with Crippen LogP contribution in [0.5, 0.6) is 0 Å². The molecule has 0 bridgehead atoms. The second-order valence-electron chi connectivity index (χ2n) is 7.25. The highest BCUT2D eigenvalue weighted by Crippen LogP contribution is 2.21. The van der Waals surface area contributed by atoms with E-state index in [1.54, 1.807) is 6.08 Å². The van der Waals surface area contributed by atoms with Gasteiger partial charge >= 0.3 is 5.97 Å². The Morgan fingerprint density at radius 1 is 0.871 bits per heavy atom. The Balaban J connectivity index is 1.49. The summed E-state index contributed by atoms with van der Waals surface area (Å²) in [5, 5.41) is 12.1. The van der Waals surface area contributed by atoms with Crippen molar-refractivity contribution >= 4 is 35.2 Å². The van der Waals surface area contributed by atoms with Gasteiger partial charge in [0.25, 0.3) is 0 Å². The molecule has 0 saturated carbocycles. The minimum Gasteiger partial charge on any atom is -0.478 e. The molecule has 31 heavy (non-hydrogen) atoms. The first-order valence-corrected chi connectivity index (χ1v) is 10.5. The molecule has 0 fully saturated rings. The molecule has 0 unspecified atom stereocenters. The Labute approximate surface area is 187 Å². The molecule has 4 nitrogen and oxygen atoms in total. The molecule has 0 saturated heterocycles. The van der Waals surface area contributed by atoms with E-state index >= 15 is 0 Å². The van der Waals surface area contributed by atoms with Crippen molar-refractivity contribution in [1.29, 1.82) is 0 Å². The van der Waals surface area contributed by atoms with E-state index < -0.39 is 11.9 Å². The van der Waals surface area contributed by atoms with Gasteiger partial charge in [0.2, 0.25) is 5.91 Å². The molecule has 0 heterocycles. The molecular formula is C26H24ClNO3. The number of hydrogen-bond acceptors (Lipinski definition) is 2. The summed E-state index contributed by atoms with van der Waals surface area (Å²) in [6.45, 7) is 0. The number of aromatic carboxylic acids is 1. The van der Waals surface area contributed by atoms with Crippen LogP contribution in [0.1, 0.15) is 39.9 Å². The number of rotatable bonds is 9. The van der Waals surface area contributed by atoms with Crippen molar-refractivity contribution in [2.75, 3.05) is 5.32 Å². The quantitative estimate of drug-likeness (QED) is 0.309. The molecule has 0 spiro atoms. The number of aryl methyl sites for hydroxylation is 2. The zero-order valence-corrected chi connectivity index (χ0v) is 17.8. The number of unbranched alkanes of at least 4 members (excludes halogenated alkanes) is 1. The van der Waals surface area contributed by atoms with Crippen molar-refractivity contribution in [3.8, 4) is 0 Å². The lowest BCUT2D eigenvalue weighted by atomic mass is 10.0. The van der Waals surface area contributed by atoms with E-state index in [1.165, 1.54) is 35.4 Å². The maximum atomic E-state index is 12.2. The van der Waals surface area contributed by atoms with Gasteiger partial charge in [0, 0.05) is 11.1 Å². The highest BCUT2D eigenvalue weighted by atomic mass is 35.5. The maximum Gasteiger partial charge on any atom is 0.337 e. The normalized spacial score (nSPS) is 10.9. The van der Waals surface area contributed by atoms with Crippen molar-refractivity contribution in [1.82, 2.24) is 0 Å². The molecule has 0 aromatic heterocycles. The summed E-state index contributed by atoms with van der Waals surface area (Å²) in [4.78, 5) is 23.5. The van der Waals surface area contributed by atoms with E-state index in [-0.39, 0.29) is 11.3 Å². The molecule has 3 aromatic rings. The van der Waals surface area contributed by atoms with Crippen LogP contribution in [0.25, 0.3) is 6.08 Å². The minimum atomic E-state index is -1.15. The molecular weight excluding hydrogens is 410 g/mol. The Kier molecular flexibility index (Phi) is 8.02. The Morgan fingerprint density at radius 3 is 2.16 bits per heavy atom. The Morgan fingerprint density at radius 2 is 1.52 bits per heavy atom. The molecule has 3 aromatic carbocycles.